The predicted octanol–water partition coefficient (Wildman–Crippen LogP) is 0.931. The summed E-state index contributed by atoms with van der Waals surface area (Å²) in [5.41, 5.74) is 0.406. The lowest BCUT2D eigenvalue weighted by molar-refractivity contribution is -0.385. The molecule has 2 unspecified atom stereocenters. The molecule has 6 nitrogen and oxygen atoms in total. The summed E-state index contributed by atoms with van der Waals surface area (Å²) < 4.78 is 0. The average Bonchev–Trinajstić information content (AvgIpc) is 2.26. The minimum Gasteiger partial charge on any atom is -0.389 e. The molecule has 7 heteroatoms. The summed E-state index contributed by atoms with van der Waals surface area (Å²) in [5, 5.41) is 29.4. The van der Waals surface area contributed by atoms with E-state index in [4.69, 9.17) is 11.6 Å². The van der Waals surface area contributed by atoms with Crippen molar-refractivity contribution in [2.75, 3.05) is 5.88 Å². The van der Waals surface area contributed by atoms with Crippen LogP contribution >= 0.6 is 11.6 Å². The summed E-state index contributed by atoms with van der Waals surface area (Å²) in [7, 11) is 0. The summed E-state index contributed by atoms with van der Waals surface area (Å²) in [4.78, 5) is 13.7. The molecule has 0 fully saturated rings. The zero-order chi connectivity index (χ0) is 12.3. The van der Waals surface area contributed by atoms with E-state index in [1.54, 1.807) is 0 Å². The van der Waals surface area contributed by atoms with Gasteiger partial charge in [0.25, 0.3) is 5.69 Å². The maximum absolute atomic E-state index is 10.5. The van der Waals surface area contributed by atoms with Gasteiger partial charge in [0, 0.05) is 5.56 Å². The van der Waals surface area contributed by atoms with Crippen molar-refractivity contribution in [2.24, 2.45) is 0 Å². The molecule has 1 heterocycles. The Kier molecular flexibility index (Phi) is 4.17. The molecular weight excluding hydrogens is 236 g/mol. The number of hydrogen-bond donors (Lipinski definition) is 2. The first-order valence-electron chi connectivity index (χ1n) is 4.50. The van der Waals surface area contributed by atoms with E-state index >= 15 is 0 Å². The Hall–Kier alpha value is -1.24. The van der Waals surface area contributed by atoms with E-state index in [1.807, 2.05) is 0 Å². The van der Waals surface area contributed by atoms with E-state index in [9.17, 15) is 20.3 Å². The first kappa shape index (κ1) is 12.8. The van der Waals surface area contributed by atoms with Crippen LogP contribution in [0.1, 0.15) is 17.4 Å². The number of hydrogen-bond acceptors (Lipinski definition) is 5. The number of aromatic nitrogens is 1. The number of alkyl halides is 1. The third-order valence-electron chi connectivity index (χ3n) is 2.13. The largest absolute Gasteiger partial charge is 0.389 e. The van der Waals surface area contributed by atoms with Crippen LogP contribution < -0.4 is 0 Å². The van der Waals surface area contributed by atoms with Gasteiger partial charge in [-0.2, -0.15) is 0 Å². The zero-order valence-electron chi connectivity index (χ0n) is 8.50. The van der Waals surface area contributed by atoms with Crippen LogP contribution in [0, 0.1) is 17.0 Å². The predicted molar refractivity (Wildman–Crippen MR) is 57.3 cm³/mol. The van der Waals surface area contributed by atoms with E-state index in [0.717, 1.165) is 6.20 Å². The molecule has 0 aliphatic rings. The second-order valence-electron chi connectivity index (χ2n) is 3.32. The number of halogens is 1. The quantitative estimate of drug-likeness (QED) is 0.468. The highest BCUT2D eigenvalue weighted by atomic mass is 35.5. The summed E-state index contributed by atoms with van der Waals surface area (Å²) in [5.74, 6) is -0.140. The summed E-state index contributed by atoms with van der Waals surface area (Å²) in [6, 6.07) is 1.36. The summed E-state index contributed by atoms with van der Waals surface area (Å²) in [6.45, 7) is 1.53. The van der Waals surface area contributed by atoms with Gasteiger partial charge in [0.2, 0.25) is 0 Å². The molecule has 0 amide bonds. The Balaban J connectivity index is 3.01. The summed E-state index contributed by atoms with van der Waals surface area (Å²) >= 11 is 5.37. The molecule has 0 aromatic carbocycles. The Labute approximate surface area is 96.7 Å². The first-order valence-corrected chi connectivity index (χ1v) is 5.04. The molecule has 88 valence electrons. The van der Waals surface area contributed by atoms with Crippen LogP contribution in [0.2, 0.25) is 0 Å². The van der Waals surface area contributed by atoms with Gasteiger partial charge >= 0.3 is 0 Å². The normalized spacial score (nSPS) is 14.5. The minimum absolute atomic E-state index is 0.128. The Morgan fingerprint density at radius 2 is 2.25 bits per heavy atom. The number of nitrogens with zero attached hydrogens (tertiary/aromatic N) is 2. The molecule has 1 aromatic heterocycles. The lowest BCUT2D eigenvalue weighted by atomic mass is 10.1. The van der Waals surface area contributed by atoms with Gasteiger partial charge in [0.15, 0.2) is 0 Å². The van der Waals surface area contributed by atoms with Gasteiger partial charge in [0.1, 0.15) is 12.3 Å². The van der Waals surface area contributed by atoms with E-state index in [-0.39, 0.29) is 17.3 Å². The van der Waals surface area contributed by atoms with Crippen molar-refractivity contribution in [1.29, 1.82) is 0 Å². The lowest BCUT2D eigenvalue weighted by Gasteiger charge is -2.14. The molecule has 0 aliphatic heterocycles. The van der Waals surface area contributed by atoms with Crippen molar-refractivity contribution in [3.63, 3.8) is 0 Å². The monoisotopic (exact) mass is 246 g/mol. The van der Waals surface area contributed by atoms with Crippen molar-refractivity contribution < 1.29 is 15.1 Å². The van der Waals surface area contributed by atoms with Crippen molar-refractivity contribution in [2.45, 2.75) is 19.1 Å². The van der Waals surface area contributed by atoms with Crippen LogP contribution in [-0.2, 0) is 0 Å². The number of aryl methyl sites for hydroxylation is 1. The number of aliphatic hydroxyl groups excluding tert-OH is 2. The van der Waals surface area contributed by atoms with Crippen molar-refractivity contribution in [3.8, 4) is 0 Å². The van der Waals surface area contributed by atoms with Gasteiger partial charge in [-0.25, -0.2) is 0 Å². The number of aliphatic hydroxyl groups is 2. The van der Waals surface area contributed by atoms with Crippen LogP contribution in [0.5, 0.6) is 0 Å². The molecule has 0 saturated heterocycles. The highest BCUT2D eigenvalue weighted by Crippen LogP contribution is 2.22. The van der Waals surface area contributed by atoms with Crippen LogP contribution in [0.3, 0.4) is 0 Å². The van der Waals surface area contributed by atoms with Gasteiger partial charge < -0.3 is 10.2 Å². The molecule has 0 aliphatic carbocycles. The fourth-order valence-electron chi connectivity index (χ4n) is 1.20. The van der Waals surface area contributed by atoms with Crippen LogP contribution in [0.25, 0.3) is 0 Å². The topological polar surface area (TPSA) is 96.5 Å². The molecule has 0 bridgehead atoms. The second kappa shape index (κ2) is 5.20. The van der Waals surface area contributed by atoms with E-state index < -0.39 is 17.1 Å². The van der Waals surface area contributed by atoms with Gasteiger partial charge in [-0.15, -0.1) is 11.6 Å². The smallest absolute Gasteiger partial charge is 0.290 e. The third-order valence-corrected chi connectivity index (χ3v) is 2.44. The third kappa shape index (κ3) is 2.66. The molecule has 1 rings (SSSR count). The van der Waals surface area contributed by atoms with Crippen LogP contribution in [0.4, 0.5) is 5.69 Å². The molecule has 0 radical (unpaired) electrons. The minimum atomic E-state index is -1.24. The fourth-order valence-corrected chi connectivity index (χ4v) is 1.37. The molecule has 0 spiro atoms. The second-order valence-corrected chi connectivity index (χ2v) is 3.63. The highest BCUT2D eigenvalue weighted by molar-refractivity contribution is 6.18. The van der Waals surface area contributed by atoms with Gasteiger partial charge in [0.05, 0.1) is 22.6 Å². The van der Waals surface area contributed by atoms with Gasteiger partial charge in [-0.05, 0) is 13.0 Å². The summed E-state index contributed by atoms with van der Waals surface area (Å²) in [6.07, 6.45) is -1.33. The van der Waals surface area contributed by atoms with Crippen molar-refractivity contribution >= 4 is 17.3 Å². The average molecular weight is 247 g/mol. The molecular formula is C9H11ClN2O4. The fraction of sp³-hybridized carbons (Fsp3) is 0.444. The molecule has 1 aromatic rings. The zero-order valence-corrected chi connectivity index (χ0v) is 9.26. The Morgan fingerprint density at radius 3 is 2.69 bits per heavy atom. The molecule has 16 heavy (non-hydrogen) atoms. The van der Waals surface area contributed by atoms with Crippen molar-refractivity contribution in [3.05, 3.63) is 33.6 Å². The van der Waals surface area contributed by atoms with Gasteiger partial charge in [-0.3, -0.25) is 15.1 Å². The standard InChI is InChI=1S/C9H11ClN2O4/c1-5-2-6(9(14)8(13)3-10)11-4-7(5)12(15)16/h2,4,8-9,13-14H,3H2,1H3. The molecule has 2 N–H and O–H groups in total. The highest BCUT2D eigenvalue weighted by Gasteiger charge is 2.21. The lowest BCUT2D eigenvalue weighted by Crippen LogP contribution is -2.20. The first-order chi connectivity index (χ1) is 7.47. The van der Waals surface area contributed by atoms with Gasteiger partial charge in [-0.1, -0.05) is 0 Å². The van der Waals surface area contributed by atoms with E-state index in [0.29, 0.717) is 5.56 Å². The Bertz CT molecular complexity index is 399. The maximum Gasteiger partial charge on any atom is 0.290 e. The number of rotatable bonds is 4. The number of nitro groups is 1. The van der Waals surface area contributed by atoms with Crippen LogP contribution in [-0.4, -0.2) is 32.1 Å². The van der Waals surface area contributed by atoms with E-state index in [2.05, 4.69) is 4.98 Å². The number of pyridine rings is 1. The maximum atomic E-state index is 10.5. The van der Waals surface area contributed by atoms with Crippen LogP contribution in [0.15, 0.2) is 12.3 Å². The molecule has 2 atom stereocenters. The molecule has 0 saturated carbocycles. The van der Waals surface area contributed by atoms with E-state index in [1.165, 1.54) is 13.0 Å². The van der Waals surface area contributed by atoms with Crippen molar-refractivity contribution in [1.82, 2.24) is 4.98 Å². The SMILES string of the molecule is Cc1cc(C(O)C(O)CCl)ncc1[N+](=O)[O-]. The Morgan fingerprint density at radius 1 is 1.62 bits per heavy atom.